The van der Waals surface area contributed by atoms with E-state index in [0.29, 0.717) is 70.3 Å². The lowest BCUT2D eigenvalue weighted by Crippen LogP contribution is -2.73. The summed E-state index contributed by atoms with van der Waals surface area (Å²) in [6.45, 7) is 18.3. The first-order valence-corrected chi connectivity index (χ1v) is 21.7. The quantitative estimate of drug-likeness (QED) is 0.114. The number of rotatable bonds is 13. The summed E-state index contributed by atoms with van der Waals surface area (Å²) in [4.78, 5) is 45.4. The normalized spacial score (nSPS) is 26.3. The number of hydrogen-bond donors (Lipinski definition) is 2. The van der Waals surface area contributed by atoms with Crippen molar-refractivity contribution in [2.75, 3.05) is 27.3 Å². The number of ketones is 2. The van der Waals surface area contributed by atoms with Gasteiger partial charge in [0, 0.05) is 70.7 Å². The summed E-state index contributed by atoms with van der Waals surface area (Å²) in [7, 11) is 2.94. The van der Waals surface area contributed by atoms with E-state index in [-0.39, 0.29) is 24.3 Å². The SMILES string of the molecule is CCC(C)C12Oc3c(CC=C(C)C)c4c(c(OC)c3C3=C1C(C1=C(c5ccccc5C1=O)N3CCN)C(C)C(=O)C2(O)C/C=C(/C)C(=O)OC)C=CC(C)(CCC=C(C)C)O4. The Morgan fingerprint density at radius 2 is 1.69 bits per heavy atom. The number of hydrogen-bond acceptors (Lipinski definition) is 10. The molecular formula is C51H62N2O8. The molecule has 10 nitrogen and oxygen atoms in total. The zero-order valence-electron chi connectivity index (χ0n) is 37.7. The number of Topliss-reactive ketones (excluding diaryl/α,β-unsaturated/α-hetero) is 2. The van der Waals surface area contributed by atoms with Crippen LogP contribution in [-0.2, 0) is 20.7 Å². The number of ether oxygens (including phenoxy) is 4. The molecule has 0 saturated heterocycles. The lowest BCUT2D eigenvalue weighted by molar-refractivity contribution is -0.184. The van der Waals surface area contributed by atoms with Crippen molar-refractivity contribution in [1.29, 1.82) is 0 Å². The molecule has 6 atom stereocenters. The Kier molecular flexibility index (Phi) is 11.7. The molecule has 2 aromatic carbocycles. The number of carbonyl (C=O) groups excluding carboxylic acids is 3. The van der Waals surface area contributed by atoms with Crippen molar-refractivity contribution < 1.29 is 38.4 Å². The van der Waals surface area contributed by atoms with Crippen LogP contribution < -0.4 is 19.9 Å². The maximum Gasteiger partial charge on any atom is 0.333 e. The van der Waals surface area contributed by atoms with Crippen LogP contribution in [0.25, 0.3) is 17.5 Å². The molecule has 2 aromatic rings. The molecule has 1 saturated carbocycles. The molecule has 3 aliphatic heterocycles. The Labute approximate surface area is 360 Å². The number of aliphatic hydroxyl groups is 1. The number of nitrogens with two attached hydrogens (primary N) is 1. The maximum atomic E-state index is 15.5. The lowest BCUT2D eigenvalue weighted by atomic mass is 9.51. The third-order valence-electron chi connectivity index (χ3n) is 13.6. The predicted octanol–water partition coefficient (Wildman–Crippen LogP) is 8.96. The summed E-state index contributed by atoms with van der Waals surface area (Å²) in [6.07, 6.45) is 12.3. The Morgan fingerprint density at radius 1 is 1.00 bits per heavy atom. The van der Waals surface area contributed by atoms with E-state index in [4.69, 9.17) is 24.7 Å². The Hall–Kier alpha value is -5.19. The highest BCUT2D eigenvalue weighted by Gasteiger charge is 2.72. The summed E-state index contributed by atoms with van der Waals surface area (Å²) < 4.78 is 26.4. The van der Waals surface area contributed by atoms with Gasteiger partial charge in [-0.3, -0.25) is 9.59 Å². The molecule has 1 fully saturated rings. The van der Waals surface area contributed by atoms with E-state index in [2.05, 4.69) is 50.0 Å². The zero-order chi connectivity index (χ0) is 44.3. The highest BCUT2D eigenvalue weighted by atomic mass is 16.5. The van der Waals surface area contributed by atoms with E-state index in [9.17, 15) is 14.7 Å². The minimum Gasteiger partial charge on any atom is -0.495 e. The fourth-order valence-corrected chi connectivity index (χ4v) is 10.4. The number of benzene rings is 2. The third-order valence-corrected chi connectivity index (χ3v) is 13.6. The summed E-state index contributed by atoms with van der Waals surface area (Å²) in [5.74, 6) is -1.78. The number of methoxy groups -OCH3 is 2. The first-order valence-electron chi connectivity index (χ1n) is 21.7. The second-order valence-electron chi connectivity index (χ2n) is 18.1. The molecule has 2 aliphatic carbocycles. The second-order valence-corrected chi connectivity index (χ2v) is 18.1. The molecule has 0 radical (unpaired) electrons. The number of allylic oxidation sites excluding steroid dienone is 5. The molecule has 0 spiro atoms. The van der Waals surface area contributed by atoms with Gasteiger partial charge in [-0.25, -0.2) is 4.79 Å². The molecular weight excluding hydrogens is 769 g/mol. The van der Waals surface area contributed by atoms with Crippen molar-refractivity contribution in [3.8, 4) is 17.2 Å². The highest BCUT2D eigenvalue weighted by molar-refractivity contribution is 6.23. The third kappa shape index (κ3) is 6.63. The molecule has 0 amide bonds. The number of nitrogens with zero attached hydrogens (tertiary/aromatic N) is 1. The number of fused-ring (bicyclic) bond motifs is 6. The van der Waals surface area contributed by atoms with Crippen LogP contribution in [-0.4, -0.2) is 71.7 Å². The highest BCUT2D eigenvalue weighted by Crippen LogP contribution is 2.67. The predicted molar refractivity (Wildman–Crippen MR) is 239 cm³/mol. The minimum atomic E-state index is -2.22. The largest absolute Gasteiger partial charge is 0.495 e. The van der Waals surface area contributed by atoms with Crippen molar-refractivity contribution >= 4 is 35.0 Å². The second kappa shape index (κ2) is 16.3. The van der Waals surface area contributed by atoms with Crippen molar-refractivity contribution in [3.05, 3.63) is 104 Å². The summed E-state index contributed by atoms with van der Waals surface area (Å²) >= 11 is 0. The fraction of sp³-hybridized carbons (Fsp3) is 0.471. The van der Waals surface area contributed by atoms with Gasteiger partial charge in [-0.05, 0) is 79.4 Å². The first kappa shape index (κ1) is 43.9. The van der Waals surface area contributed by atoms with Crippen LogP contribution in [0, 0.1) is 17.8 Å². The Morgan fingerprint density at radius 3 is 2.31 bits per heavy atom. The van der Waals surface area contributed by atoms with Crippen LogP contribution in [0.2, 0.25) is 0 Å². The summed E-state index contributed by atoms with van der Waals surface area (Å²) in [5, 5.41) is 13.7. The summed E-state index contributed by atoms with van der Waals surface area (Å²) in [6, 6.07) is 7.56. The molecule has 61 heavy (non-hydrogen) atoms. The molecule has 3 heterocycles. The van der Waals surface area contributed by atoms with Gasteiger partial charge in [0.15, 0.2) is 22.8 Å². The standard InChI is InChI=1S/C51H62N2O8/c1-12-31(7)51-40-37(32(8)47(55)50(51,57)25-21-30(6)48(56)59-11)38-41(33-17-13-14-18-34(33)43(38)54)53(27-26-52)42(40)39-45(58-10)36-22-24-49(9,23-15-16-28(2)3)60-44(36)35(46(39)61-51)20-19-29(4)5/h13-14,16-19,21-22,24,31-32,37,57H,12,15,20,23,25-27,52H2,1-11H3/b30-21-. The van der Waals surface area contributed by atoms with E-state index in [1.807, 2.05) is 52.0 Å². The Bertz CT molecular complexity index is 2390. The van der Waals surface area contributed by atoms with E-state index in [0.717, 1.165) is 35.1 Å². The topological polar surface area (TPSA) is 138 Å². The van der Waals surface area contributed by atoms with E-state index < -0.39 is 46.3 Å². The van der Waals surface area contributed by atoms with Crippen molar-refractivity contribution in [1.82, 2.24) is 4.90 Å². The van der Waals surface area contributed by atoms with Gasteiger partial charge in [0.05, 0.1) is 36.7 Å². The van der Waals surface area contributed by atoms with Crippen LogP contribution in [0.15, 0.2) is 76.4 Å². The minimum absolute atomic E-state index is 0.162. The summed E-state index contributed by atoms with van der Waals surface area (Å²) in [5.41, 5.74) is 10.5. The smallest absolute Gasteiger partial charge is 0.333 e. The van der Waals surface area contributed by atoms with Gasteiger partial charge in [0.1, 0.15) is 22.8 Å². The fourth-order valence-electron chi connectivity index (χ4n) is 10.4. The monoisotopic (exact) mass is 830 g/mol. The molecule has 324 valence electrons. The number of esters is 1. The van der Waals surface area contributed by atoms with Crippen LogP contribution in [0.1, 0.15) is 121 Å². The van der Waals surface area contributed by atoms with E-state index in [1.165, 1.54) is 12.7 Å². The number of carbonyl (C=O) groups is 3. The van der Waals surface area contributed by atoms with Crippen molar-refractivity contribution in [3.63, 3.8) is 0 Å². The molecule has 0 aromatic heterocycles. The van der Waals surface area contributed by atoms with Gasteiger partial charge in [0.25, 0.3) is 0 Å². The van der Waals surface area contributed by atoms with Crippen LogP contribution in [0.3, 0.4) is 0 Å². The van der Waals surface area contributed by atoms with Gasteiger partial charge in [-0.15, -0.1) is 0 Å². The van der Waals surface area contributed by atoms with Crippen LogP contribution >= 0.6 is 0 Å². The average Bonchev–Trinajstić information content (AvgIpc) is 3.53. The van der Waals surface area contributed by atoms with Crippen LogP contribution in [0.5, 0.6) is 17.2 Å². The molecule has 5 aliphatic rings. The Balaban J connectivity index is 1.65. The molecule has 6 unspecified atom stereocenters. The molecule has 7 rings (SSSR count). The average molecular weight is 831 g/mol. The zero-order valence-corrected chi connectivity index (χ0v) is 37.7. The van der Waals surface area contributed by atoms with Gasteiger partial charge >= 0.3 is 5.97 Å². The van der Waals surface area contributed by atoms with Gasteiger partial charge in [-0.2, -0.15) is 0 Å². The van der Waals surface area contributed by atoms with Gasteiger partial charge in [-0.1, -0.05) is 74.4 Å². The van der Waals surface area contributed by atoms with E-state index in [1.54, 1.807) is 27.0 Å². The molecule has 10 heteroatoms. The lowest BCUT2D eigenvalue weighted by Gasteiger charge is -2.61. The van der Waals surface area contributed by atoms with Crippen molar-refractivity contribution in [2.24, 2.45) is 23.5 Å². The van der Waals surface area contributed by atoms with Crippen LogP contribution in [0.4, 0.5) is 0 Å². The molecule has 3 N–H and O–H groups in total. The maximum absolute atomic E-state index is 15.5. The van der Waals surface area contributed by atoms with Crippen molar-refractivity contribution in [2.45, 2.75) is 111 Å². The van der Waals surface area contributed by atoms with Gasteiger partial charge in [0.2, 0.25) is 0 Å². The molecule has 0 bridgehead atoms. The first-order chi connectivity index (χ1) is 29.0. The van der Waals surface area contributed by atoms with Gasteiger partial charge < -0.3 is 34.7 Å². The van der Waals surface area contributed by atoms with E-state index >= 15 is 4.79 Å².